The predicted molar refractivity (Wildman–Crippen MR) is 125 cm³/mol. The molecule has 3 heterocycles. The van der Waals surface area contributed by atoms with Gasteiger partial charge in [0.25, 0.3) is 17.8 Å². The van der Waals surface area contributed by atoms with Gasteiger partial charge in [-0.2, -0.15) is 4.98 Å². The van der Waals surface area contributed by atoms with Gasteiger partial charge in [-0.25, -0.2) is 9.58 Å². The molecule has 0 aliphatic carbocycles. The van der Waals surface area contributed by atoms with Gasteiger partial charge in [-0.05, 0) is 36.3 Å². The number of carbonyl (C=O) groups excluding carboxylic acids is 2. The minimum Gasteiger partial charge on any atom is -0.324 e. The van der Waals surface area contributed by atoms with Crippen LogP contribution in [0, 0.1) is 6.92 Å². The van der Waals surface area contributed by atoms with Gasteiger partial charge >= 0.3 is 0 Å². The molecule has 0 bridgehead atoms. The van der Waals surface area contributed by atoms with E-state index in [9.17, 15) is 9.59 Å². The first kappa shape index (κ1) is 19.2. The van der Waals surface area contributed by atoms with Crippen LogP contribution in [0.5, 0.6) is 0 Å². The summed E-state index contributed by atoms with van der Waals surface area (Å²) in [6.45, 7) is 2.04. The Morgan fingerprint density at radius 1 is 0.818 bits per heavy atom. The summed E-state index contributed by atoms with van der Waals surface area (Å²) in [5.74, 6) is -0.305. The Balaban J connectivity index is 1.46. The highest BCUT2D eigenvalue weighted by Gasteiger charge is 2.40. The maximum atomic E-state index is 13.0. The highest BCUT2D eigenvalue weighted by Crippen LogP contribution is 2.35. The zero-order valence-corrected chi connectivity index (χ0v) is 17.8. The molecule has 0 radical (unpaired) electrons. The van der Waals surface area contributed by atoms with Gasteiger partial charge in [0.05, 0.1) is 11.1 Å². The van der Waals surface area contributed by atoms with Crippen LogP contribution in [0.2, 0.25) is 0 Å². The van der Waals surface area contributed by atoms with E-state index in [0.717, 1.165) is 27.3 Å². The SMILES string of the molecule is Cc1ccc([C@H]2C=C(c3ccccc3)Nc3nc(N4C(=O)c5ccccc5C4=O)nn32)cc1. The second-order valence-electron chi connectivity index (χ2n) is 8.10. The number of hydrogen-bond donors (Lipinski definition) is 1. The predicted octanol–water partition coefficient (Wildman–Crippen LogP) is 4.44. The summed E-state index contributed by atoms with van der Waals surface area (Å²) in [7, 11) is 0. The maximum absolute atomic E-state index is 13.0. The highest BCUT2D eigenvalue weighted by molar-refractivity contribution is 6.33. The fourth-order valence-corrected chi connectivity index (χ4v) is 4.23. The summed E-state index contributed by atoms with van der Waals surface area (Å²) in [6.07, 6.45) is 2.08. The molecule has 6 rings (SSSR count). The lowest BCUT2D eigenvalue weighted by Gasteiger charge is -2.24. The number of imide groups is 1. The summed E-state index contributed by atoms with van der Waals surface area (Å²) >= 11 is 0. The Labute approximate surface area is 190 Å². The van der Waals surface area contributed by atoms with Crippen molar-refractivity contribution in [1.29, 1.82) is 0 Å². The van der Waals surface area contributed by atoms with E-state index >= 15 is 0 Å². The molecule has 0 saturated carbocycles. The van der Waals surface area contributed by atoms with Crippen LogP contribution in [0.25, 0.3) is 5.70 Å². The van der Waals surface area contributed by atoms with Crippen molar-refractivity contribution >= 4 is 29.4 Å². The van der Waals surface area contributed by atoms with Crippen LogP contribution in [0.1, 0.15) is 43.4 Å². The lowest BCUT2D eigenvalue weighted by Crippen LogP contribution is -2.30. The summed E-state index contributed by atoms with van der Waals surface area (Å²) in [4.78, 5) is 31.6. The number of hydrogen-bond acceptors (Lipinski definition) is 5. The molecule has 2 aliphatic heterocycles. The van der Waals surface area contributed by atoms with Gasteiger partial charge < -0.3 is 5.32 Å². The van der Waals surface area contributed by atoms with E-state index in [-0.39, 0.29) is 12.0 Å². The third-order valence-electron chi connectivity index (χ3n) is 5.95. The summed E-state index contributed by atoms with van der Waals surface area (Å²) in [5, 5.41) is 7.93. The average Bonchev–Trinajstić information content (AvgIpc) is 3.38. The zero-order chi connectivity index (χ0) is 22.5. The summed E-state index contributed by atoms with van der Waals surface area (Å²) in [6, 6.07) is 24.7. The Morgan fingerprint density at radius 2 is 1.45 bits per heavy atom. The lowest BCUT2D eigenvalue weighted by atomic mass is 10.0. The average molecular weight is 433 g/mol. The number of fused-ring (bicyclic) bond motifs is 2. The van der Waals surface area contributed by atoms with Crippen molar-refractivity contribution in [2.75, 3.05) is 10.2 Å². The molecule has 4 aromatic rings. The van der Waals surface area contributed by atoms with E-state index < -0.39 is 11.8 Å². The minimum atomic E-state index is -0.415. The molecule has 0 spiro atoms. The molecule has 2 amide bonds. The van der Waals surface area contributed by atoms with Gasteiger partial charge in [0.15, 0.2) is 0 Å². The first-order chi connectivity index (χ1) is 16.1. The van der Waals surface area contributed by atoms with E-state index in [1.807, 2.05) is 37.3 Å². The number of carbonyl (C=O) groups is 2. The number of aryl methyl sites for hydroxylation is 1. The number of amides is 2. The molecule has 160 valence electrons. The van der Waals surface area contributed by atoms with E-state index in [1.165, 1.54) is 0 Å². The zero-order valence-electron chi connectivity index (χ0n) is 17.8. The monoisotopic (exact) mass is 433 g/mol. The second-order valence-corrected chi connectivity index (χ2v) is 8.10. The van der Waals surface area contributed by atoms with Crippen LogP contribution >= 0.6 is 0 Å². The van der Waals surface area contributed by atoms with E-state index in [1.54, 1.807) is 28.9 Å². The molecule has 7 nitrogen and oxygen atoms in total. The van der Waals surface area contributed by atoms with Crippen LogP contribution in [0.3, 0.4) is 0 Å². The summed E-state index contributed by atoms with van der Waals surface area (Å²) in [5.41, 5.74) is 4.80. The van der Waals surface area contributed by atoms with Crippen molar-refractivity contribution in [3.05, 3.63) is 113 Å². The van der Waals surface area contributed by atoms with Gasteiger partial charge in [0.1, 0.15) is 6.04 Å². The quantitative estimate of drug-likeness (QED) is 0.483. The Hall–Kier alpha value is -4.52. The molecule has 3 aromatic carbocycles. The highest BCUT2D eigenvalue weighted by atomic mass is 16.2. The molecule has 7 heteroatoms. The van der Waals surface area contributed by atoms with Gasteiger partial charge in [-0.15, -0.1) is 5.10 Å². The van der Waals surface area contributed by atoms with Crippen LogP contribution < -0.4 is 10.2 Å². The van der Waals surface area contributed by atoms with Gasteiger partial charge in [-0.3, -0.25) is 9.59 Å². The van der Waals surface area contributed by atoms with Crippen molar-refractivity contribution in [2.45, 2.75) is 13.0 Å². The second kappa shape index (κ2) is 7.27. The van der Waals surface area contributed by atoms with Gasteiger partial charge in [-0.1, -0.05) is 72.3 Å². The molecular formula is C26H19N5O2. The van der Waals surface area contributed by atoms with Crippen molar-refractivity contribution in [3.8, 4) is 0 Å². The number of aromatic nitrogens is 3. The van der Waals surface area contributed by atoms with Crippen LogP contribution in [0.15, 0.2) is 84.9 Å². The number of benzene rings is 3. The number of nitrogens with one attached hydrogen (secondary N) is 1. The normalized spacial score (nSPS) is 16.8. The molecule has 33 heavy (non-hydrogen) atoms. The number of allylic oxidation sites excluding steroid dienone is 1. The molecule has 1 atom stereocenters. The lowest BCUT2D eigenvalue weighted by molar-refractivity contribution is 0.0924. The number of nitrogens with zero attached hydrogens (tertiary/aromatic N) is 4. The standard InChI is InChI=1S/C26H19N5O2/c1-16-11-13-18(14-12-16)22-15-21(17-7-3-2-4-8-17)27-25-28-26(29-31(22)25)30-23(32)19-9-5-6-10-20(19)24(30)33/h2-15,22H,1H3,(H,27,28,29)/t22-/m1/s1. The van der Waals surface area contributed by atoms with Gasteiger partial charge in [0.2, 0.25) is 5.95 Å². The van der Waals surface area contributed by atoms with Crippen molar-refractivity contribution in [1.82, 2.24) is 14.8 Å². The first-order valence-electron chi connectivity index (χ1n) is 10.7. The van der Waals surface area contributed by atoms with Crippen molar-refractivity contribution in [3.63, 3.8) is 0 Å². The smallest absolute Gasteiger partial charge is 0.268 e. The maximum Gasteiger partial charge on any atom is 0.268 e. The van der Waals surface area contributed by atoms with Crippen molar-refractivity contribution in [2.24, 2.45) is 0 Å². The van der Waals surface area contributed by atoms with Gasteiger partial charge in [0, 0.05) is 5.70 Å². The van der Waals surface area contributed by atoms with Crippen molar-refractivity contribution < 1.29 is 9.59 Å². The Morgan fingerprint density at radius 3 is 2.12 bits per heavy atom. The topological polar surface area (TPSA) is 80.1 Å². The molecule has 0 saturated heterocycles. The summed E-state index contributed by atoms with van der Waals surface area (Å²) < 4.78 is 1.72. The number of anilines is 2. The van der Waals surface area contributed by atoms with Crippen LogP contribution in [0.4, 0.5) is 11.9 Å². The Bertz CT molecular complexity index is 1400. The molecular weight excluding hydrogens is 414 g/mol. The number of rotatable bonds is 3. The van der Waals surface area contributed by atoms with Crippen LogP contribution in [-0.2, 0) is 0 Å². The van der Waals surface area contributed by atoms with E-state index in [0.29, 0.717) is 17.1 Å². The molecule has 0 unspecified atom stereocenters. The fraction of sp³-hybridized carbons (Fsp3) is 0.0769. The first-order valence-corrected chi connectivity index (χ1v) is 10.7. The molecule has 1 N–H and O–H groups in total. The largest absolute Gasteiger partial charge is 0.324 e. The molecule has 0 fully saturated rings. The third-order valence-corrected chi connectivity index (χ3v) is 5.95. The molecule has 2 aliphatic rings. The molecule has 1 aromatic heterocycles. The Kier molecular flexibility index (Phi) is 4.23. The fourth-order valence-electron chi connectivity index (χ4n) is 4.23. The minimum absolute atomic E-state index is 0.0588. The third kappa shape index (κ3) is 3.05. The van der Waals surface area contributed by atoms with Crippen LogP contribution in [-0.4, -0.2) is 26.6 Å². The van der Waals surface area contributed by atoms with E-state index in [4.69, 9.17) is 0 Å². The van der Waals surface area contributed by atoms with E-state index in [2.05, 4.69) is 45.7 Å².